The summed E-state index contributed by atoms with van der Waals surface area (Å²) in [7, 11) is 0. The third-order valence-corrected chi connectivity index (χ3v) is 4.20. The molecule has 0 aliphatic rings. The lowest BCUT2D eigenvalue weighted by molar-refractivity contribution is 0.750. The second-order valence-corrected chi connectivity index (χ2v) is 5.56. The number of rotatable bonds is 1. The average molecular weight is 297 g/mol. The number of halogens is 1. The van der Waals surface area contributed by atoms with Gasteiger partial charge in [0.05, 0.1) is 10.9 Å². The number of aryl methyl sites for hydroxylation is 1. The van der Waals surface area contributed by atoms with E-state index in [1.807, 2.05) is 31.2 Å². The molecule has 4 aromatic rings. The number of nitrogens with zero attached hydrogens (tertiary/aromatic N) is 2. The molecule has 0 saturated carbocycles. The van der Waals surface area contributed by atoms with Gasteiger partial charge in [-0.25, -0.2) is 0 Å². The van der Waals surface area contributed by atoms with Gasteiger partial charge in [-0.15, -0.1) is 0 Å². The van der Waals surface area contributed by atoms with Crippen LogP contribution in [0.25, 0.3) is 27.3 Å². The lowest BCUT2D eigenvalue weighted by atomic mass is 10.2. The van der Waals surface area contributed by atoms with Gasteiger partial charge in [-0.05, 0) is 25.1 Å². The molecular weight excluding hydrogens is 284 g/mol. The topological polar surface area (TPSA) is 26.4 Å². The SMILES string of the molecule is CCn1c(=O)c2cc(Cl)ccc2n2cc3ccccc3c12. The molecule has 0 unspecified atom stereocenters. The van der Waals surface area contributed by atoms with Crippen molar-refractivity contribution in [1.29, 1.82) is 0 Å². The Hall–Kier alpha value is -2.26. The number of benzene rings is 2. The molecule has 2 heterocycles. The molecule has 0 radical (unpaired) electrons. The van der Waals surface area contributed by atoms with Crippen LogP contribution in [0.1, 0.15) is 6.92 Å². The second kappa shape index (κ2) is 4.37. The zero-order valence-electron chi connectivity index (χ0n) is 11.5. The van der Waals surface area contributed by atoms with Crippen molar-refractivity contribution in [1.82, 2.24) is 8.97 Å². The molecule has 104 valence electrons. The summed E-state index contributed by atoms with van der Waals surface area (Å²) >= 11 is 6.06. The van der Waals surface area contributed by atoms with Gasteiger partial charge in [0.2, 0.25) is 0 Å². The molecule has 4 heteroatoms. The van der Waals surface area contributed by atoms with Crippen molar-refractivity contribution in [3.8, 4) is 0 Å². The summed E-state index contributed by atoms with van der Waals surface area (Å²) in [4.78, 5) is 12.8. The van der Waals surface area contributed by atoms with Gasteiger partial charge < -0.3 is 4.40 Å². The fraction of sp³-hybridized carbons (Fsp3) is 0.118. The number of aromatic nitrogens is 2. The Morgan fingerprint density at radius 2 is 1.90 bits per heavy atom. The summed E-state index contributed by atoms with van der Waals surface area (Å²) in [5.74, 6) is 0. The maximum Gasteiger partial charge on any atom is 0.261 e. The van der Waals surface area contributed by atoms with Crippen LogP contribution in [0.5, 0.6) is 0 Å². The van der Waals surface area contributed by atoms with E-state index in [0.717, 1.165) is 21.9 Å². The average Bonchev–Trinajstić information content (AvgIpc) is 2.87. The second-order valence-electron chi connectivity index (χ2n) is 5.12. The van der Waals surface area contributed by atoms with Crippen molar-refractivity contribution < 1.29 is 0 Å². The van der Waals surface area contributed by atoms with E-state index in [4.69, 9.17) is 11.6 Å². The lowest BCUT2D eigenvalue weighted by Crippen LogP contribution is -2.21. The number of fused-ring (bicyclic) bond motifs is 5. The Bertz CT molecular complexity index is 1060. The van der Waals surface area contributed by atoms with Crippen molar-refractivity contribution in [2.75, 3.05) is 0 Å². The Labute approximate surface area is 126 Å². The monoisotopic (exact) mass is 296 g/mol. The molecule has 0 aliphatic heterocycles. The van der Waals surface area contributed by atoms with Crippen LogP contribution >= 0.6 is 11.6 Å². The molecule has 0 amide bonds. The summed E-state index contributed by atoms with van der Waals surface area (Å²) in [5.41, 5.74) is 1.83. The van der Waals surface area contributed by atoms with E-state index < -0.39 is 0 Å². The highest BCUT2D eigenvalue weighted by Crippen LogP contribution is 2.25. The summed E-state index contributed by atoms with van der Waals surface area (Å²) in [6, 6.07) is 13.6. The Morgan fingerprint density at radius 1 is 1.10 bits per heavy atom. The first-order valence-corrected chi connectivity index (χ1v) is 7.30. The number of hydrogen-bond donors (Lipinski definition) is 0. The summed E-state index contributed by atoms with van der Waals surface area (Å²) < 4.78 is 3.89. The Balaban J connectivity index is 2.39. The van der Waals surface area contributed by atoms with Crippen LogP contribution < -0.4 is 5.56 Å². The maximum atomic E-state index is 12.8. The predicted octanol–water partition coefficient (Wildman–Crippen LogP) is 4.08. The molecule has 0 atom stereocenters. The van der Waals surface area contributed by atoms with Crippen molar-refractivity contribution in [2.45, 2.75) is 13.5 Å². The summed E-state index contributed by atoms with van der Waals surface area (Å²) in [6.45, 7) is 2.61. The van der Waals surface area contributed by atoms with Crippen LogP contribution in [0.2, 0.25) is 5.02 Å². The van der Waals surface area contributed by atoms with Gasteiger partial charge in [-0.2, -0.15) is 0 Å². The maximum absolute atomic E-state index is 12.8. The van der Waals surface area contributed by atoms with E-state index in [1.165, 1.54) is 0 Å². The fourth-order valence-electron chi connectivity index (χ4n) is 3.03. The molecule has 3 nitrogen and oxygen atoms in total. The standard InChI is InChI=1S/C17H13ClN2O/c1-2-19-16-13-6-4-3-5-11(13)10-20(16)15-8-7-12(18)9-14(15)17(19)21/h3-10H,2H2,1H3. The first-order chi connectivity index (χ1) is 10.2. The van der Waals surface area contributed by atoms with Gasteiger partial charge in [-0.3, -0.25) is 9.36 Å². The molecular formula is C17H13ClN2O. The molecule has 0 bridgehead atoms. The fourth-order valence-corrected chi connectivity index (χ4v) is 3.20. The minimum Gasteiger partial charge on any atom is -0.301 e. The summed E-state index contributed by atoms with van der Waals surface area (Å²) in [5, 5.41) is 3.45. The quantitative estimate of drug-likeness (QED) is 0.520. The third-order valence-electron chi connectivity index (χ3n) is 3.96. The van der Waals surface area contributed by atoms with Crippen LogP contribution in [0.3, 0.4) is 0 Å². The van der Waals surface area contributed by atoms with E-state index >= 15 is 0 Å². The van der Waals surface area contributed by atoms with Gasteiger partial charge in [0.25, 0.3) is 5.56 Å². The highest BCUT2D eigenvalue weighted by molar-refractivity contribution is 6.31. The van der Waals surface area contributed by atoms with Gasteiger partial charge >= 0.3 is 0 Å². The van der Waals surface area contributed by atoms with E-state index in [1.54, 1.807) is 10.6 Å². The van der Waals surface area contributed by atoms with E-state index in [9.17, 15) is 4.79 Å². The highest BCUT2D eigenvalue weighted by Gasteiger charge is 2.13. The zero-order chi connectivity index (χ0) is 14.6. The molecule has 21 heavy (non-hydrogen) atoms. The van der Waals surface area contributed by atoms with Crippen molar-refractivity contribution in [3.05, 3.63) is 64.0 Å². The molecule has 0 N–H and O–H groups in total. The van der Waals surface area contributed by atoms with E-state index in [2.05, 4.69) is 22.7 Å². The first-order valence-electron chi connectivity index (χ1n) is 6.92. The van der Waals surface area contributed by atoms with Crippen LogP contribution in [0.15, 0.2) is 53.5 Å². The lowest BCUT2D eigenvalue weighted by Gasteiger charge is -2.10. The highest BCUT2D eigenvalue weighted by atomic mass is 35.5. The van der Waals surface area contributed by atoms with Gasteiger partial charge in [-0.1, -0.05) is 35.9 Å². The van der Waals surface area contributed by atoms with Crippen molar-refractivity contribution >= 4 is 38.9 Å². The summed E-state index contributed by atoms with van der Waals surface area (Å²) in [6.07, 6.45) is 2.08. The zero-order valence-corrected chi connectivity index (χ0v) is 12.3. The van der Waals surface area contributed by atoms with Crippen LogP contribution in [0, 0.1) is 0 Å². The van der Waals surface area contributed by atoms with E-state index in [0.29, 0.717) is 17.0 Å². The molecule has 2 aromatic heterocycles. The third kappa shape index (κ3) is 1.64. The van der Waals surface area contributed by atoms with Gasteiger partial charge in [0.15, 0.2) is 0 Å². The molecule has 2 aromatic carbocycles. The predicted molar refractivity (Wildman–Crippen MR) is 87.4 cm³/mol. The normalized spacial score (nSPS) is 11.7. The van der Waals surface area contributed by atoms with Crippen LogP contribution in [-0.2, 0) is 6.54 Å². The van der Waals surface area contributed by atoms with Crippen LogP contribution in [-0.4, -0.2) is 8.97 Å². The molecule has 0 saturated heterocycles. The first kappa shape index (κ1) is 12.5. The largest absolute Gasteiger partial charge is 0.301 e. The molecule has 4 rings (SSSR count). The molecule has 0 spiro atoms. The van der Waals surface area contributed by atoms with Gasteiger partial charge in [0, 0.05) is 28.5 Å². The Kier molecular flexibility index (Phi) is 2.59. The minimum atomic E-state index is 0.00588. The smallest absolute Gasteiger partial charge is 0.261 e. The molecule has 0 fully saturated rings. The van der Waals surface area contributed by atoms with Gasteiger partial charge in [0.1, 0.15) is 5.65 Å². The Morgan fingerprint density at radius 3 is 2.71 bits per heavy atom. The molecule has 0 aliphatic carbocycles. The minimum absolute atomic E-state index is 0.00588. The van der Waals surface area contributed by atoms with E-state index in [-0.39, 0.29) is 5.56 Å². The number of hydrogen-bond acceptors (Lipinski definition) is 1. The van der Waals surface area contributed by atoms with Crippen molar-refractivity contribution in [3.63, 3.8) is 0 Å². The van der Waals surface area contributed by atoms with Crippen LogP contribution in [0.4, 0.5) is 0 Å². The van der Waals surface area contributed by atoms with Crippen molar-refractivity contribution in [2.24, 2.45) is 0 Å².